The van der Waals surface area contributed by atoms with Gasteiger partial charge in [0.1, 0.15) is 11.6 Å². The highest BCUT2D eigenvalue weighted by atomic mass is 19.1. The summed E-state index contributed by atoms with van der Waals surface area (Å²) in [5, 5.41) is 0. The van der Waals surface area contributed by atoms with Crippen LogP contribution in [0.5, 0.6) is 0 Å². The summed E-state index contributed by atoms with van der Waals surface area (Å²) in [6.07, 6.45) is 3.60. The third kappa shape index (κ3) is 3.79. The van der Waals surface area contributed by atoms with Crippen LogP contribution in [-0.2, 0) is 11.3 Å². The van der Waals surface area contributed by atoms with E-state index in [9.17, 15) is 4.39 Å². The smallest absolute Gasteiger partial charge is 0.226 e. The average molecular weight is 318 g/mol. The molecule has 2 heterocycles. The Hall–Kier alpha value is -1.72. The summed E-state index contributed by atoms with van der Waals surface area (Å²) in [7, 11) is 1.75. The van der Waals surface area contributed by atoms with Gasteiger partial charge in [-0.1, -0.05) is 12.5 Å². The van der Waals surface area contributed by atoms with E-state index in [0.717, 1.165) is 37.6 Å². The quantitative estimate of drug-likeness (QED) is 0.841. The van der Waals surface area contributed by atoms with Crippen LogP contribution in [0.3, 0.4) is 0 Å². The molecule has 0 bridgehead atoms. The van der Waals surface area contributed by atoms with Gasteiger partial charge in [-0.2, -0.15) is 0 Å². The fraction of sp³-hybridized carbons (Fsp3) is 0.500. The highest BCUT2D eigenvalue weighted by molar-refractivity contribution is 5.53. The summed E-state index contributed by atoms with van der Waals surface area (Å²) in [6.45, 7) is 4.46. The Balaban J connectivity index is 1.78. The van der Waals surface area contributed by atoms with Crippen LogP contribution < -0.4 is 0 Å². The minimum absolute atomic E-state index is 0.281. The maximum Gasteiger partial charge on any atom is 0.226 e. The lowest BCUT2D eigenvalue weighted by Crippen LogP contribution is -2.41. The van der Waals surface area contributed by atoms with Crippen LogP contribution in [0.2, 0.25) is 0 Å². The molecule has 1 saturated heterocycles. The lowest BCUT2D eigenvalue weighted by atomic mass is 10.0. The Morgan fingerprint density at radius 2 is 2.26 bits per heavy atom. The molecular formula is C18H23FN2O2. The van der Waals surface area contributed by atoms with Crippen molar-refractivity contribution in [3.63, 3.8) is 0 Å². The second kappa shape index (κ2) is 7.23. The minimum Gasteiger partial charge on any atom is -0.441 e. The number of hydrogen-bond donors (Lipinski definition) is 0. The van der Waals surface area contributed by atoms with Gasteiger partial charge in [0.25, 0.3) is 0 Å². The first-order valence-corrected chi connectivity index (χ1v) is 8.12. The van der Waals surface area contributed by atoms with Gasteiger partial charge in [0.05, 0.1) is 12.3 Å². The van der Waals surface area contributed by atoms with Gasteiger partial charge in [0.15, 0.2) is 0 Å². The number of benzene rings is 1. The number of aryl methyl sites for hydroxylation is 1. The van der Waals surface area contributed by atoms with Crippen molar-refractivity contribution in [3.05, 3.63) is 41.5 Å². The Labute approximate surface area is 136 Å². The number of nitrogens with zero attached hydrogens (tertiary/aromatic N) is 2. The minimum atomic E-state index is -0.281. The molecule has 1 aromatic carbocycles. The second-order valence-corrected chi connectivity index (χ2v) is 6.11. The van der Waals surface area contributed by atoms with Crippen molar-refractivity contribution in [2.45, 2.75) is 38.8 Å². The molecule has 0 amide bonds. The first kappa shape index (κ1) is 16.1. The number of aromatic nitrogens is 1. The van der Waals surface area contributed by atoms with Crippen molar-refractivity contribution in [1.82, 2.24) is 9.88 Å². The molecule has 0 radical (unpaired) electrons. The number of methoxy groups -OCH3 is 1. The molecule has 4 nitrogen and oxygen atoms in total. The number of halogens is 1. The van der Waals surface area contributed by atoms with E-state index in [4.69, 9.17) is 9.15 Å². The Kier molecular flexibility index (Phi) is 5.08. The lowest BCUT2D eigenvalue weighted by molar-refractivity contribution is 0.0590. The Bertz CT molecular complexity index is 654. The molecule has 124 valence electrons. The predicted molar refractivity (Wildman–Crippen MR) is 86.6 cm³/mol. The summed E-state index contributed by atoms with van der Waals surface area (Å²) in [4.78, 5) is 7.00. The molecule has 0 saturated carbocycles. The van der Waals surface area contributed by atoms with Gasteiger partial charge in [-0.05, 0) is 44.5 Å². The van der Waals surface area contributed by atoms with Crippen LogP contribution in [0, 0.1) is 12.7 Å². The number of piperidine rings is 1. The molecule has 0 spiro atoms. The first-order chi connectivity index (χ1) is 11.2. The average Bonchev–Trinajstić information content (AvgIpc) is 2.91. The van der Waals surface area contributed by atoms with Crippen LogP contribution in [0.25, 0.3) is 11.5 Å². The van der Waals surface area contributed by atoms with Crippen molar-refractivity contribution in [1.29, 1.82) is 0 Å². The van der Waals surface area contributed by atoms with Gasteiger partial charge in [-0.25, -0.2) is 9.37 Å². The standard InChI is InChI=1S/C18H23FN2O2/c1-13-17(11-21-9-4-3-8-16(21)12-22-2)20-18(23-13)14-6-5-7-15(19)10-14/h5-7,10,16H,3-4,8-9,11-12H2,1-2H3. The van der Waals surface area contributed by atoms with E-state index in [2.05, 4.69) is 9.88 Å². The van der Waals surface area contributed by atoms with Crippen molar-refractivity contribution >= 4 is 0 Å². The molecule has 0 aliphatic carbocycles. The highest BCUT2D eigenvalue weighted by Crippen LogP contribution is 2.25. The summed E-state index contributed by atoms with van der Waals surface area (Å²) in [6, 6.07) is 6.78. The van der Waals surface area contributed by atoms with Gasteiger partial charge in [0, 0.05) is 25.3 Å². The number of ether oxygens (including phenoxy) is 1. The molecule has 1 aliphatic heterocycles. The van der Waals surface area contributed by atoms with Crippen molar-refractivity contribution in [2.75, 3.05) is 20.3 Å². The molecule has 1 aromatic heterocycles. The van der Waals surface area contributed by atoms with E-state index in [1.807, 2.05) is 13.0 Å². The molecule has 1 unspecified atom stereocenters. The first-order valence-electron chi connectivity index (χ1n) is 8.12. The van der Waals surface area contributed by atoms with Gasteiger partial charge in [-0.3, -0.25) is 4.90 Å². The zero-order valence-electron chi connectivity index (χ0n) is 13.7. The van der Waals surface area contributed by atoms with Crippen LogP contribution in [0.4, 0.5) is 4.39 Å². The second-order valence-electron chi connectivity index (χ2n) is 6.11. The van der Waals surface area contributed by atoms with Crippen LogP contribution in [0.1, 0.15) is 30.7 Å². The lowest BCUT2D eigenvalue weighted by Gasteiger charge is -2.34. The topological polar surface area (TPSA) is 38.5 Å². The van der Waals surface area contributed by atoms with E-state index >= 15 is 0 Å². The highest BCUT2D eigenvalue weighted by Gasteiger charge is 2.24. The molecule has 1 fully saturated rings. The van der Waals surface area contributed by atoms with Crippen LogP contribution in [-0.4, -0.2) is 36.2 Å². The number of oxazole rings is 1. The zero-order valence-corrected chi connectivity index (χ0v) is 13.7. The third-order valence-corrected chi connectivity index (χ3v) is 4.43. The summed E-state index contributed by atoms with van der Waals surface area (Å²) in [5.41, 5.74) is 1.60. The van der Waals surface area contributed by atoms with Gasteiger partial charge >= 0.3 is 0 Å². The van der Waals surface area contributed by atoms with E-state index < -0.39 is 0 Å². The molecular weight excluding hydrogens is 295 g/mol. The number of rotatable bonds is 5. The molecule has 2 aromatic rings. The van der Waals surface area contributed by atoms with Crippen LogP contribution >= 0.6 is 0 Å². The molecule has 3 rings (SSSR count). The van der Waals surface area contributed by atoms with Gasteiger partial charge in [0.2, 0.25) is 5.89 Å². The molecule has 1 atom stereocenters. The summed E-state index contributed by atoms with van der Waals surface area (Å²) in [5.74, 6) is 0.999. The summed E-state index contributed by atoms with van der Waals surface area (Å²) >= 11 is 0. The fourth-order valence-electron chi connectivity index (χ4n) is 3.16. The normalized spacial score (nSPS) is 19.2. The number of hydrogen-bond acceptors (Lipinski definition) is 4. The third-order valence-electron chi connectivity index (χ3n) is 4.43. The maximum atomic E-state index is 13.4. The maximum absolute atomic E-state index is 13.4. The van der Waals surface area contributed by atoms with Gasteiger partial charge < -0.3 is 9.15 Å². The molecule has 5 heteroatoms. The van der Waals surface area contributed by atoms with E-state index in [-0.39, 0.29) is 5.82 Å². The van der Waals surface area contributed by atoms with Crippen LogP contribution in [0.15, 0.2) is 28.7 Å². The van der Waals surface area contributed by atoms with E-state index in [0.29, 0.717) is 17.5 Å². The monoisotopic (exact) mass is 318 g/mol. The van der Waals surface area contributed by atoms with Crippen molar-refractivity contribution in [2.24, 2.45) is 0 Å². The number of likely N-dealkylation sites (tertiary alicyclic amines) is 1. The predicted octanol–water partition coefficient (Wildman–Crippen LogP) is 3.79. The molecule has 23 heavy (non-hydrogen) atoms. The zero-order chi connectivity index (χ0) is 16.2. The Morgan fingerprint density at radius 1 is 1.39 bits per heavy atom. The van der Waals surface area contributed by atoms with Gasteiger partial charge in [-0.15, -0.1) is 0 Å². The molecule has 0 N–H and O–H groups in total. The largest absolute Gasteiger partial charge is 0.441 e. The van der Waals surface area contributed by atoms with E-state index in [1.165, 1.54) is 25.0 Å². The Morgan fingerprint density at radius 3 is 3.04 bits per heavy atom. The van der Waals surface area contributed by atoms with E-state index in [1.54, 1.807) is 13.2 Å². The summed E-state index contributed by atoms with van der Waals surface area (Å²) < 4.78 is 24.5. The van der Waals surface area contributed by atoms with Crippen molar-refractivity contribution < 1.29 is 13.5 Å². The fourth-order valence-corrected chi connectivity index (χ4v) is 3.16. The van der Waals surface area contributed by atoms with Crippen molar-refractivity contribution in [3.8, 4) is 11.5 Å². The molecule has 1 aliphatic rings. The SMILES string of the molecule is COCC1CCCCN1Cc1nc(-c2cccc(F)c2)oc1C.